The van der Waals surface area contributed by atoms with E-state index >= 15 is 0 Å². The Hall–Kier alpha value is -1.92. The summed E-state index contributed by atoms with van der Waals surface area (Å²) in [7, 11) is 0. The highest BCUT2D eigenvalue weighted by atomic mass is 32.2. The Bertz CT molecular complexity index is 769. The maximum atomic E-state index is 12.8. The van der Waals surface area contributed by atoms with Crippen molar-refractivity contribution in [1.29, 1.82) is 0 Å². The molecule has 0 spiro atoms. The normalized spacial score (nSPS) is 10.8. The van der Waals surface area contributed by atoms with E-state index in [1.54, 1.807) is 23.5 Å². The Morgan fingerprint density at radius 3 is 2.74 bits per heavy atom. The quantitative estimate of drug-likeness (QED) is 0.492. The van der Waals surface area contributed by atoms with E-state index in [9.17, 15) is 9.18 Å². The zero-order chi connectivity index (χ0) is 16.1. The Labute approximate surface area is 141 Å². The minimum atomic E-state index is -0.284. The topological polar surface area (TPSA) is 39.2 Å². The summed E-state index contributed by atoms with van der Waals surface area (Å²) in [6.45, 7) is 0.322. The van der Waals surface area contributed by atoms with Gasteiger partial charge in [-0.05, 0) is 36.4 Å². The van der Waals surface area contributed by atoms with Crippen molar-refractivity contribution < 1.29 is 13.9 Å². The number of fused-ring (bicyclic) bond motifs is 1. The molecule has 0 N–H and O–H groups in total. The molecule has 6 heteroatoms. The molecule has 0 aliphatic carbocycles. The van der Waals surface area contributed by atoms with Gasteiger partial charge in [0, 0.05) is 11.3 Å². The number of ether oxygens (including phenoxy) is 1. The van der Waals surface area contributed by atoms with E-state index < -0.39 is 0 Å². The Morgan fingerprint density at radius 1 is 1.17 bits per heavy atom. The standard InChI is InChI=1S/C17H14FNO2S2/c18-12-5-7-13(8-6-12)22-11-17(20)21-10-9-16-19-14-3-1-2-4-15(14)23-16/h1-8H,9-11H2. The molecule has 0 aliphatic rings. The first-order chi connectivity index (χ1) is 11.2. The van der Waals surface area contributed by atoms with Crippen LogP contribution in [-0.4, -0.2) is 23.3 Å². The van der Waals surface area contributed by atoms with Crippen molar-refractivity contribution >= 4 is 39.3 Å². The molecule has 1 aromatic heterocycles. The number of esters is 1. The van der Waals surface area contributed by atoms with Gasteiger partial charge < -0.3 is 4.74 Å². The van der Waals surface area contributed by atoms with Crippen molar-refractivity contribution in [2.24, 2.45) is 0 Å². The molecule has 0 atom stereocenters. The second kappa shape index (κ2) is 7.57. The van der Waals surface area contributed by atoms with E-state index in [0.29, 0.717) is 13.0 Å². The van der Waals surface area contributed by atoms with Crippen LogP contribution in [0.15, 0.2) is 53.4 Å². The molecule has 0 saturated heterocycles. The van der Waals surface area contributed by atoms with E-state index in [-0.39, 0.29) is 17.5 Å². The number of thiazole rings is 1. The van der Waals surface area contributed by atoms with E-state index in [1.165, 1.54) is 23.9 Å². The molecular weight excluding hydrogens is 333 g/mol. The van der Waals surface area contributed by atoms with E-state index in [1.807, 2.05) is 24.3 Å². The molecule has 1 heterocycles. The lowest BCUT2D eigenvalue weighted by atomic mass is 10.3. The van der Waals surface area contributed by atoms with E-state index in [2.05, 4.69) is 4.98 Å². The third kappa shape index (κ3) is 4.53. The number of halogens is 1. The van der Waals surface area contributed by atoms with Gasteiger partial charge in [-0.3, -0.25) is 4.79 Å². The van der Waals surface area contributed by atoms with Gasteiger partial charge in [-0.2, -0.15) is 0 Å². The lowest BCUT2D eigenvalue weighted by Gasteiger charge is -2.03. The maximum Gasteiger partial charge on any atom is 0.316 e. The maximum absolute atomic E-state index is 12.8. The third-order valence-electron chi connectivity index (χ3n) is 3.09. The molecular formula is C17H14FNO2S2. The van der Waals surface area contributed by atoms with Crippen molar-refractivity contribution in [2.45, 2.75) is 11.3 Å². The molecule has 3 aromatic rings. The van der Waals surface area contributed by atoms with Crippen molar-refractivity contribution in [3.05, 3.63) is 59.4 Å². The van der Waals surface area contributed by atoms with Crippen LogP contribution in [0.4, 0.5) is 4.39 Å². The molecule has 3 rings (SSSR count). The Morgan fingerprint density at radius 2 is 1.96 bits per heavy atom. The molecule has 23 heavy (non-hydrogen) atoms. The first-order valence-corrected chi connectivity index (χ1v) is 8.89. The average molecular weight is 347 g/mol. The van der Waals surface area contributed by atoms with E-state index in [0.717, 1.165) is 20.1 Å². The molecule has 0 radical (unpaired) electrons. The van der Waals surface area contributed by atoms with Gasteiger partial charge in [0.15, 0.2) is 0 Å². The van der Waals surface area contributed by atoms with Crippen LogP contribution in [0.1, 0.15) is 5.01 Å². The Balaban J connectivity index is 1.43. The van der Waals surface area contributed by atoms with Crippen molar-refractivity contribution in [3.63, 3.8) is 0 Å². The molecule has 0 fully saturated rings. The number of benzene rings is 2. The van der Waals surface area contributed by atoms with Gasteiger partial charge >= 0.3 is 5.97 Å². The number of aromatic nitrogens is 1. The molecule has 2 aromatic carbocycles. The van der Waals surface area contributed by atoms with E-state index in [4.69, 9.17) is 4.74 Å². The first-order valence-electron chi connectivity index (χ1n) is 7.09. The number of rotatable bonds is 6. The van der Waals surface area contributed by atoms with Crippen LogP contribution in [0.3, 0.4) is 0 Å². The molecule has 0 amide bonds. The molecule has 0 bridgehead atoms. The minimum absolute atomic E-state index is 0.214. The highest BCUT2D eigenvalue weighted by Gasteiger charge is 2.07. The molecule has 118 valence electrons. The smallest absolute Gasteiger partial charge is 0.316 e. The number of thioether (sulfide) groups is 1. The number of hydrogen-bond acceptors (Lipinski definition) is 5. The number of hydrogen-bond donors (Lipinski definition) is 0. The van der Waals surface area contributed by atoms with Gasteiger partial charge in [0.2, 0.25) is 0 Å². The average Bonchev–Trinajstić information content (AvgIpc) is 2.97. The zero-order valence-corrected chi connectivity index (χ0v) is 13.8. The monoisotopic (exact) mass is 347 g/mol. The SMILES string of the molecule is O=C(CSc1ccc(F)cc1)OCCc1nc2ccccc2s1. The van der Waals surface area contributed by atoms with Crippen LogP contribution in [0.5, 0.6) is 0 Å². The van der Waals surface area contributed by atoms with Crippen molar-refractivity contribution in [3.8, 4) is 0 Å². The number of carbonyl (C=O) groups is 1. The number of nitrogens with zero attached hydrogens (tertiary/aromatic N) is 1. The van der Waals surface area contributed by atoms with Crippen LogP contribution < -0.4 is 0 Å². The third-order valence-corrected chi connectivity index (χ3v) is 5.17. The summed E-state index contributed by atoms with van der Waals surface area (Å²) in [5.74, 6) is -0.348. The van der Waals surface area contributed by atoms with Crippen molar-refractivity contribution in [2.75, 3.05) is 12.4 Å². The fraction of sp³-hybridized carbons (Fsp3) is 0.176. The summed E-state index contributed by atoms with van der Waals surface area (Å²) in [6, 6.07) is 14.0. The zero-order valence-electron chi connectivity index (χ0n) is 12.2. The summed E-state index contributed by atoms with van der Waals surface area (Å²) < 4.78 is 19.1. The molecule has 0 unspecified atom stereocenters. The van der Waals surface area contributed by atoms with Crippen molar-refractivity contribution in [1.82, 2.24) is 4.98 Å². The highest BCUT2D eigenvalue weighted by Crippen LogP contribution is 2.22. The van der Waals surface area contributed by atoms with Gasteiger partial charge in [0.1, 0.15) is 5.82 Å². The van der Waals surface area contributed by atoms with Gasteiger partial charge in [0.25, 0.3) is 0 Å². The highest BCUT2D eigenvalue weighted by molar-refractivity contribution is 8.00. The largest absolute Gasteiger partial charge is 0.465 e. The predicted molar refractivity (Wildman–Crippen MR) is 91.4 cm³/mol. The molecule has 0 saturated carbocycles. The van der Waals surface area contributed by atoms with Crippen LogP contribution in [-0.2, 0) is 16.0 Å². The van der Waals surface area contributed by atoms with Gasteiger partial charge in [-0.25, -0.2) is 9.37 Å². The molecule has 0 aliphatic heterocycles. The van der Waals surface area contributed by atoms with Gasteiger partial charge in [-0.15, -0.1) is 23.1 Å². The summed E-state index contributed by atoms with van der Waals surface area (Å²) in [4.78, 5) is 17.1. The summed E-state index contributed by atoms with van der Waals surface area (Å²) >= 11 is 2.95. The lowest BCUT2D eigenvalue weighted by molar-refractivity contribution is -0.140. The number of carbonyl (C=O) groups excluding carboxylic acids is 1. The summed E-state index contributed by atoms with van der Waals surface area (Å²) in [6.07, 6.45) is 0.617. The fourth-order valence-corrected chi connectivity index (χ4v) is 3.64. The second-order valence-electron chi connectivity index (χ2n) is 4.79. The summed E-state index contributed by atoms with van der Waals surface area (Å²) in [5.41, 5.74) is 0.977. The van der Waals surface area contributed by atoms with Crippen LogP contribution in [0, 0.1) is 5.82 Å². The summed E-state index contributed by atoms with van der Waals surface area (Å²) in [5, 5.41) is 0.963. The van der Waals surface area contributed by atoms with Crippen LogP contribution in [0.25, 0.3) is 10.2 Å². The van der Waals surface area contributed by atoms with Gasteiger partial charge in [0.05, 0.1) is 27.6 Å². The predicted octanol–water partition coefficient (Wildman–Crippen LogP) is 4.31. The van der Waals surface area contributed by atoms with Crippen LogP contribution >= 0.6 is 23.1 Å². The Kier molecular flexibility index (Phi) is 5.25. The first kappa shape index (κ1) is 16.0. The van der Waals surface area contributed by atoms with Gasteiger partial charge in [-0.1, -0.05) is 12.1 Å². The number of para-hydroxylation sites is 1. The molecule has 3 nitrogen and oxygen atoms in total. The second-order valence-corrected chi connectivity index (χ2v) is 6.95. The van der Waals surface area contributed by atoms with Crippen LogP contribution in [0.2, 0.25) is 0 Å². The minimum Gasteiger partial charge on any atom is -0.465 e. The lowest BCUT2D eigenvalue weighted by Crippen LogP contribution is -2.09. The fourth-order valence-electron chi connectivity index (χ4n) is 1.99.